The van der Waals surface area contributed by atoms with E-state index in [4.69, 9.17) is 0 Å². The minimum absolute atomic E-state index is 0.113. The van der Waals surface area contributed by atoms with Gasteiger partial charge in [-0.15, -0.1) is 0 Å². The van der Waals surface area contributed by atoms with E-state index in [1.54, 1.807) is 0 Å². The lowest BCUT2D eigenvalue weighted by Crippen LogP contribution is -2.15. The molecule has 2 aromatic rings. The van der Waals surface area contributed by atoms with Crippen molar-refractivity contribution < 1.29 is 13.3 Å². The molecular weight excluding hydrogens is 298 g/mol. The molecule has 1 aromatic carbocycles. The van der Waals surface area contributed by atoms with Crippen molar-refractivity contribution in [3.05, 3.63) is 46.8 Å². The van der Waals surface area contributed by atoms with Gasteiger partial charge in [0.05, 0.1) is 9.82 Å². The second-order valence-corrected chi connectivity index (χ2v) is 5.55. The van der Waals surface area contributed by atoms with Gasteiger partial charge < -0.3 is 5.32 Å². The molecule has 1 aromatic heterocycles. The molecule has 0 amide bonds. The molecule has 0 saturated heterocycles. The highest BCUT2D eigenvalue weighted by molar-refractivity contribution is 7.92. The standard InChI is InChI=1S/C11H11N5O4S/c1-12-9-4-3-8(7-10(9)16(17)18)21(19,20)15-11-13-5-2-6-14-11/h2-7,12H,1H3,(H,13,14,15). The van der Waals surface area contributed by atoms with Crippen LogP contribution in [0.4, 0.5) is 17.3 Å². The van der Waals surface area contributed by atoms with Gasteiger partial charge in [-0.1, -0.05) is 0 Å². The number of aromatic nitrogens is 2. The number of benzene rings is 1. The normalized spacial score (nSPS) is 10.9. The number of nitrogens with zero attached hydrogens (tertiary/aromatic N) is 3. The third kappa shape index (κ3) is 3.23. The summed E-state index contributed by atoms with van der Waals surface area (Å²) in [5.74, 6) is -0.113. The van der Waals surface area contributed by atoms with Gasteiger partial charge >= 0.3 is 0 Å². The van der Waals surface area contributed by atoms with Crippen LogP contribution in [0.5, 0.6) is 0 Å². The van der Waals surface area contributed by atoms with Gasteiger partial charge in [0.15, 0.2) is 0 Å². The highest BCUT2D eigenvalue weighted by Crippen LogP contribution is 2.27. The van der Waals surface area contributed by atoms with E-state index in [0.717, 1.165) is 6.07 Å². The molecule has 2 N–H and O–H groups in total. The molecule has 110 valence electrons. The molecular formula is C11H11N5O4S. The summed E-state index contributed by atoms with van der Waals surface area (Å²) in [6.45, 7) is 0. The van der Waals surface area contributed by atoms with E-state index in [0.29, 0.717) is 0 Å². The quantitative estimate of drug-likeness (QED) is 0.628. The van der Waals surface area contributed by atoms with Gasteiger partial charge in [-0.25, -0.2) is 23.1 Å². The van der Waals surface area contributed by atoms with Gasteiger partial charge in [0.1, 0.15) is 5.69 Å². The van der Waals surface area contributed by atoms with E-state index >= 15 is 0 Å². The van der Waals surface area contributed by atoms with Crippen molar-refractivity contribution >= 4 is 27.3 Å². The smallest absolute Gasteiger partial charge is 0.293 e. The summed E-state index contributed by atoms with van der Waals surface area (Å²) in [4.78, 5) is 17.5. The third-order valence-electron chi connectivity index (χ3n) is 2.54. The molecule has 0 unspecified atom stereocenters. The molecule has 1 heterocycles. The van der Waals surface area contributed by atoms with Crippen LogP contribution in [-0.4, -0.2) is 30.4 Å². The number of hydrogen-bond acceptors (Lipinski definition) is 7. The number of sulfonamides is 1. The lowest BCUT2D eigenvalue weighted by Gasteiger charge is -2.08. The summed E-state index contributed by atoms with van der Waals surface area (Å²) in [6.07, 6.45) is 2.74. The maximum absolute atomic E-state index is 12.1. The van der Waals surface area contributed by atoms with Crippen molar-refractivity contribution in [2.24, 2.45) is 0 Å². The van der Waals surface area contributed by atoms with Crippen LogP contribution in [0.15, 0.2) is 41.6 Å². The molecule has 0 radical (unpaired) electrons. The Morgan fingerprint density at radius 1 is 1.24 bits per heavy atom. The maximum atomic E-state index is 12.1. The van der Waals surface area contributed by atoms with Crippen LogP contribution in [0.2, 0.25) is 0 Å². The van der Waals surface area contributed by atoms with E-state index in [1.165, 1.54) is 37.6 Å². The number of nitro benzene ring substituents is 1. The van der Waals surface area contributed by atoms with Crippen LogP contribution in [-0.2, 0) is 10.0 Å². The van der Waals surface area contributed by atoms with Crippen LogP contribution in [0, 0.1) is 10.1 Å². The van der Waals surface area contributed by atoms with E-state index in [-0.39, 0.29) is 22.2 Å². The zero-order chi connectivity index (χ0) is 15.5. The lowest BCUT2D eigenvalue weighted by atomic mass is 10.3. The second-order valence-electron chi connectivity index (χ2n) is 3.86. The Balaban J connectivity index is 2.41. The number of hydrogen-bond donors (Lipinski definition) is 2. The van der Waals surface area contributed by atoms with Crippen molar-refractivity contribution in [3.8, 4) is 0 Å². The van der Waals surface area contributed by atoms with Crippen LogP contribution in [0.25, 0.3) is 0 Å². The molecule has 0 saturated carbocycles. The minimum atomic E-state index is -4.00. The molecule has 0 aliphatic rings. The molecule has 0 atom stereocenters. The topological polar surface area (TPSA) is 127 Å². The number of nitrogens with one attached hydrogen (secondary N) is 2. The summed E-state index contributed by atoms with van der Waals surface area (Å²) >= 11 is 0. The van der Waals surface area contributed by atoms with Crippen LogP contribution in [0.1, 0.15) is 0 Å². The first-order chi connectivity index (χ1) is 9.94. The average molecular weight is 309 g/mol. The van der Waals surface area contributed by atoms with Gasteiger partial charge in [0, 0.05) is 25.5 Å². The van der Waals surface area contributed by atoms with Gasteiger partial charge in [-0.2, -0.15) is 0 Å². The summed E-state index contributed by atoms with van der Waals surface area (Å²) in [7, 11) is -2.50. The third-order valence-corrected chi connectivity index (χ3v) is 3.86. The Hall–Kier alpha value is -2.75. The first-order valence-electron chi connectivity index (χ1n) is 5.70. The lowest BCUT2D eigenvalue weighted by molar-refractivity contribution is -0.384. The SMILES string of the molecule is CNc1ccc(S(=O)(=O)Nc2ncccn2)cc1[N+](=O)[O-]. The van der Waals surface area contributed by atoms with Crippen LogP contribution >= 0.6 is 0 Å². The largest absolute Gasteiger partial charge is 0.383 e. The Kier molecular flexibility index (Phi) is 3.98. The van der Waals surface area contributed by atoms with Crippen molar-refractivity contribution in [1.29, 1.82) is 0 Å². The number of rotatable bonds is 5. The van der Waals surface area contributed by atoms with Crippen molar-refractivity contribution in [1.82, 2.24) is 9.97 Å². The average Bonchev–Trinajstić information content (AvgIpc) is 2.47. The molecule has 10 heteroatoms. The van der Waals surface area contributed by atoms with Crippen molar-refractivity contribution in [2.45, 2.75) is 4.90 Å². The molecule has 21 heavy (non-hydrogen) atoms. The Morgan fingerprint density at radius 2 is 1.90 bits per heavy atom. The van der Waals surface area contributed by atoms with Crippen molar-refractivity contribution in [3.63, 3.8) is 0 Å². The fourth-order valence-electron chi connectivity index (χ4n) is 1.57. The van der Waals surface area contributed by atoms with Crippen LogP contribution in [0.3, 0.4) is 0 Å². The molecule has 0 fully saturated rings. The zero-order valence-electron chi connectivity index (χ0n) is 10.8. The molecule has 0 spiro atoms. The fourth-order valence-corrected chi connectivity index (χ4v) is 2.55. The predicted molar refractivity (Wildman–Crippen MR) is 75.5 cm³/mol. The number of nitro groups is 1. The fraction of sp³-hybridized carbons (Fsp3) is 0.0909. The van der Waals surface area contributed by atoms with E-state index < -0.39 is 14.9 Å². The Bertz CT molecular complexity index is 763. The molecule has 0 bridgehead atoms. The van der Waals surface area contributed by atoms with Gasteiger partial charge in [0.25, 0.3) is 15.7 Å². The molecule has 0 aliphatic heterocycles. The van der Waals surface area contributed by atoms with Gasteiger partial charge in [-0.3, -0.25) is 10.1 Å². The molecule has 2 rings (SSSR count). The molecule has 0 aliphatic carbocycles. The highest BCUT2D eigenvalue weighted by atomic mass is 32.2. The van der Waals surface area contributed by atoms with Gasteiger partial charge in [0.2, 0.25) is 5.95 Å². The summed E-state index contributed by atoms with van der Waals surface area (Å²) in [5, 5.41) is 13.6. The van der Waals surface area contributed by atoms with Gasteiger partial charge in [-0.05, 0) is 18.2 Å². The number of anilines is 2. The second kappa shape index (κ2) is 5.71. The minimum Gasteiger partial charge on any atom is -0.383 e. The first kappa shape index (κ1) is 14.7. The van der Waals surface area contributed by atoms with E-state index in [1.807, 2.05) is 0 Å². The summed E-state index contributed by atoms with van der Waals surface area (Å²) in [6, 6.07) is 5.07. The molecule has 9 nitrogen and oxygen atoms in total. The van der Waals surface area contributed by atoms with Crippen LogP contribution < -0.4 is 10.0 Å². The summed E-state index contributed by atoms with van der Waals surface area (Å²) in [5.41, 5.74) is -0.121. The maximum Gasteiger partial charge on any atom is 0.293 e. The Labute approximate surface area is 120 Å². The van der Waals surface area contributed by atoms with E-state index in [2.05, 4.69) is 20.0 Å². The summed E-state index contributed by atoms with van der Waals surface area (Å²) < 4.78 is 26.4. The Morgan fingerprint density at radius 3 is 2.48 bits per heavy atom. The van der Waals surface area contributed by atoms with Crippen molar-refractivity contribution in [2.75, 3.05) is 17.1 Å². The highest BCUT2D eigenvalue weighted by Gasteiger charge is 2.21. The van der Waals surface area contributed by atoms with E-state index in [9.17, 15) is 18.5 Å². The first-order valence-corrected chi connectivity index (χ1v) is 7.18. The monoisotopic (exact) mass is 309 g/mol. The zero-order valence-corrected chi connectivity index (χ0v) is 11.7. The predicted octanol–water partition coefficient (Wildman–Crippen LogP) is 1.23.